The van der Waals surface area contributed by atoms with Crippen LogP contribution >= 0.6 is 15.9 Å². The number of fused-ring (bicyclic) bond motifs is 1. The Labute approximate surface area is 121 Å². The van der Waals surface area contributed by atoms with Gasteiger partial charge in [-0.25, -0.2) is 4.39 Å². The number of hydrogen-bond acceptors (Lipinski definition) is 1. The van der Waals surface area contributed by atoms with Crippen LogP contribution in [0.4, 0.5) is 10.1 Å². The fourth-order valence-corrected chi connectivity index (χ4v) is 3.05. The molecule has 2 aromatic carbocycles. The van der Waals surface area contributed by atoms with Crippen molar-refractivity contribution in [3.63, 3.8) is 0 Å². The highest BCUT2D eigenvalue weighted by Crippen LogP contribution is 2.28. The summed E-state index contributed by atoms with van der Waals surface area (Å²) in [4.78, 5) is 0. The number of anilines is 1. The van der Waals surface area contributed by atoms with Gasteiger partial charge in [0, 0.05) is 11.7 Å². The van der Waals surface area contributed by atoms with E-state index in [0.717, 1.165) is 24.8 Å². The van der Waals surface area contributed by atoms with Crippen LogP contribution < -0.4 is 5.32 Å². The van der Waals surface area contributed by atoms with Gasteiger partial charge in [-0.3, -0.25) is 0 Å². The summed E-state index contributed by atoms with van der Waals surface area (Å²) in [6, 6.07) is 14.0. The molecule has 0 radical (unpaired) electrons. The second kappa shape index (κ2) is 5.33. The molecule has 1 aliphatic heterocycles. The van der Waals surface area contributed by atoms with Gasteiger partial charge in [-0.1, -0.05) is 30.3 Å². The van der Waals surface area contributed by atoms with Gasteiger partial charge in [0.25, 0.3) is 0 Å². The fourth-order valence-electron chi connectivity index (χ4n) is 2.63. The minimum atomic E-state index is -0.186. The summed E-state index contributed by atoms with van der Waals surface area (Å²) < 4.78 is 14.1. The third-order valence-electron chi connectivity index (χ3n) is 3.64. The highest BCUT2D eigenvalue weighted by molar-refractivity contribution is 9.10. The van der Waals surface area contributed by atoms with E-state index in [4.69, 9.17) is 0 Å². The molecule has 0 saturated heterocycles. The number of benzene rings is 2. The molecule has 1 aliphatic rings. The van der Waals surface area contributed by atoms with E-state index >= 15 is 0 Å². The van der Waals surface area contributed by atoms with E-state index in [2.05, 4.69) is 39.4 Å². The summed E-state index contributed by atoms with van der Waals surface area (Å²) in [5, 5.41) is 3.55. The van der Waals surface area contributed by atoms with Gasteiger partial charge in [-0.05, 0) is 58.5 Å². The maximum Gasteiger partial charge on any atom is 0.137 e. The molecule has 0 fully saturated rings. The summed E-state index contributed by atoms with van der Waals surface area (Å²) in [5.41, 5.74) is 3.61. The highest BCUT2D eigenvalue weighted by atomic mass is 79.9. The largest absolute Gasteiger partial charge is 0.382 e. The van der Waals surface area contributed by atoms with E-state index in [1.54, 1.807) is 6.07 Å². The minimum Gasteiger partial charge on any atom is -0.382 e. The second-order valence-corrected chi connectivity index (χ2v) is 5.75. The van der Waals surface area contributed by atoms with E-state index in [-0.39, 0.29) is 5.82 Å². The molecule has 1 unspecified atom stereocenters. The number of aryl methyl sites for hydroxylation is 1. The number of hydrogen-bond donors (Lipinski definition) is 1. The molecule has 1 nitrogen and oxygen atoms in total. The Morgan fingerprint density at radius 1 is 1.16 bits per heavy atom. The summed E-state index contributed by atoms with van der Waals surface area (Å²) >= 11 is 3.34. The van der Waals surface area contributed by atoms with Crippen LogP contribution in [0.25, 0.3) is 0 Å². The quantitative estimate of drug-likeness (QED) is 0.855. The minimum absolute atomic E-state index is 0.186. The van der Waals surface area contributed by atoms with Crippen molar-refractivity contribution < 1.29 is 4.39 Å². The average Bonchev–Trinajstić information content (AvgIpc) is 2.44. The predicted molar refractivity (Wildman–Crippen MR) is 80.0 cm³/mol. The number of halogens is 2. The zero-order chi connectivity index (χ0) is 13.2. The molecule has 0 aromatic heterocycles. The van der Waals surface area contributed by atoms with E-state index in [1.807, 2.05) is 12.1 Å². The van der Waals surface area contributed by atoms with Gasteiger partial charge in [-0.15, -0.1) is 0 Å². The lowest BCUT2D eigenvalue weighted by Crippen LogP contribution is -2.27. The van der Waals surface area contributed by atoms with Gasteiger partial charge in [0.2, 0.25) is 0 Å². The smallest absolute Gasteiger partial charge is 0.137 e. The molecule has 0 saturated carbocycles. The van der Waals surface area contributed by atoms with E-state index in [1.165, 1.54) is 17.3 Å². The Morgan fingerprint density at radius 2 is 2.00 bits per heavy atom. The summed E-state index contributed by atoms with van der Waals surface area (Å²) in [7, 11) is 0. The second-order valence-electron chi connectivity index (χ2n) is 4.95. The lowest BCUT2D eigenvalue weighted by Gasteiger charge is -2.27. The van der Waals surface area contributed by atoms with Crippen LogP contribution in [-0.2, 0) is 12.8 Å². The van der Waals surface area contributed by atoms with Gasteiger partial charge >= 0.3 is 0 Å². The molecule has 1 N–H and O–H groups in total. The predicted octanol–water partition coefficient (Wildman–Crippen LogP) is 4.56. The fraction of sp³-hybridized carbons (Fsp3) is 0.250. The molecular formula is C16H15BrFN. The van der Waals surface area contributed by atoms with E-state index in [0.29, 0.717) is 10.5 Å². The SMILES string of the molecule is Fc1cccc(CC2CCc3ccccc3N2)c1Br. The van der Waals surface area contributed by atoms with Crippen LogP contribution in [0.3, 0.4) is 0 Å². The Hall–Kier alpha value is -1.35. The Bertz CT molecular complexity index is 597. The number of para-hydroxylation sites is 1. The standard InChI is InChI=1S/C16H15BrFN/c17-16-12(5-3-6-14(16)18)10-13-9-8-11-4-1-2-7-15(11)19-13/h1-7,13,19H,8-10H2. The molecule has 1 heterocycles. The third-order valence-corrected chi connectivity index (χ3v) is 4.53. The first-order valence-corrected chi connectivity index (χ1v) is 7.30. The molecule has 19 heavy (non-hydrogen) atoms. The van der Waals surface area contributed by atoms with Gasteiger partial charge in [0.15, 0.2) is 0 Å². The first kappa shape index (κ1) is 12.7. The molecule has 0 bridgehead atoms. The zero-order valence-corrected chi connectivity index (χ0v) is 12.1. The van der Waals surface area contributed by atoms with Crippen LogP contribution in [0.15, 0.2) is 46.9 Å². The van der Waals surface area contributed by atoms with Crippen molar-refractivity contribution in [1.29, 1.82) is 0 Å². The first-order valence-electron chi connectivity index (χ1n) is 6.51. The maximum atomic E-state index is 13.5. The first-order chi connectivity index (χ1) is 9.24. The zero-order valence-electron chi connectivity index (χ0n) is 10.5. The van der Waals surface area contributed by atoms with Gasteiger partial charge < -0.3 is 5.32 Å². The van der Waals surface area contributed by atoms with E-state index < -0.39 is 0 Å². The Balaban J connectivity index is 1.77. The molecule has 0 amide bonds. The lowest BCUT2D eigenvalue weighted by atomic mass is 9.94. The van der Waals surface area contributed by atoms with Crippen molar-refractivity contribution in [2.45, 2.75) is 25.3 Å². The van der Waals surface area contributed by atoms with Gasteiger partial charge in [0.05, 0.1) is 4.47 Å². The lowest BCUT2D eigenvalue weighted by molar-refractivity contribution is 0.603. The molecule has 3 heteroatoms. The molecular weight excluding hydrogens is 305 g/mol. The molecule has 2 aromatic rings. The Morgan fingerprint density at radius 3 is 2.89 bits per heavy atom. The normalized spacial score (nSPS) is 17.7. The molecule has 98 valence electrons. The molecule has 1 atom stereocenters. The number of rotatable bonds is 2. The third kappa shape index (κ3) is 2.66. The summed E-state index contributed by atoms with van der Waals surface area (Å²) in [6.07, 6.45) is 3.01. The van der Waals surface area contributed by atoms with Crippen molar-refractivity contribution in [2.75, 3.05) is 5.32 Å². The van der Waals surface area contributed by atoms with Crippen LogP contribution in [0.5, 0.6) is 0 Å². The van der Waals surface area contributed by atoms with Crippen LogP contribution in [0.1, 0.15) is 17.5 Å². The van der Waals surface area contributed by atoms with Crippen LogP contribution in [0.2, 0.25) is 0 Å². The van der Waals surface area contributed by atoms with Crippen molar-refractivity contribution in [3.8, 4) is 0 Å². The van der Waals surface area contributed by atoms with Crippen LogP contribution in [-0.4, -0.2) is 6.04 Å². The molecule has 3 rings (SSSR count). The molecule has 0 spiro atoms. The topological polar surface area (TPSA) is 12.0 Å². The maximum absolute atomic E-state index is 13.5. The van der Waals surface area contributed by atoms with Gasteiger partial charge in [-0.2, -0.15) is 0 Å². The summed E-state index contributed by atoms with van der Waals surface area (Å²) in [5.74, 6) is -0.186. The van der Waals surface area contributed by atoms with Crippen molar-refractivity contribution >= 4 is 21.6 Å². The number of nitrogens with one attached hydrogen (secondary N) is 1. The summed E-state index contributed by atoms with van der Waals surface area (Å²) in [6.45, 7) is 0. The monoisotopic (exact) mass is 319 g/mol. The van der Waals surface area contributed by atoms with Gasteiger partial charge in [0.1, 0.15) is 5.82 Å². The van der Waals surface area contributed by atoms with Crippen molar-refractivity contribution in [1.82, 2.24) is 0 Å². The highest BCUT2D eigenvalue weighted by Gasteiger charge is 2.18. The van der Waals surface area contributed by atoms with E-state index in [9.17, 15) is 4.39 Å². The van der Waals surface area contributed by atoms with Crippen molar-refractivity contribution in [2.24, 2.45) is 0 Å². The molecule has 0 aliphatic carbocycles. The Kier molecular flexibility index (Phi) is 3.56. The van der Waals surface area contributed by atoms with Crippen LogP contribution in [0, 0.1) is 5.82 Å². The van der Waals surface area contributed by atoms with Crippen molar-refractivity contribution in [3.05, 3.63) is 63.9 Å². The average molecular weight is 320 g/mol.